The Morgan fingerprint density at radius 2 is 1.74 bits per heavy atom. The third-order valence-corrected chi connectivity index (χ3v) is 3.97. The van der Waals surface area contributed by atoms with E-state index in [0.29, 0.717) is 12.8 Å². The first-order valence-corrected chi connectivity index (χ1v) is 7.44. The van der Waals surface area contributed by atoms with Gasteiger partial charge >= 0.3 is 12.1 Å². The maximum atomic E-state index is 13.8. The van der Waals surface area contributed by atoms with Crippen molar-refractivity contribution in [3.63, 3.8) is 0 Å². The summed E-state index contributed by atoms with van der Waals surface area (Å²) in [6.45, 7) is 4.66. The van der Waals surface area contributed by atoms with E-state index in [0.717, 1.165) is 19.3 Å². The van der Waals surface area contributed by atoms with E-state index >= 15 is 0 Å². The molecule has 0 bridgehead atoms. The van der Waals surface area contributed by atoms with Crippen molar-refractivity contribution in [1.82, 2.24) is 0 Å². The zero-order chi connectivity index (χ0) is 17.8. The number of esters is 1. The molecule has 1 aliphatic carbocycles. The Labute approximate surface area is 131 Å². The number of aliphatic hydroxyl groups excluding tert-OH is 1. The molecule has 1 fully saturated rings. The van der Waals surface area contributed by atoms with Gasteiger partial charge in [0.05, 0.1) is 6.42 Å². The first-order valence-electron chi connectivity index (χ1n) is 7.44. The van der Waals surface area contributed by atoms with Crippen molar-refractivity contribution in [3.8, 4) is 0 Å². The Hall–Kier alpha value is -1.18. The monoisotopic (exact) mass is 344 g/mol. The molecule has 3 nitrogen and oxygen atoms in total. The van der Waals surface area contributed by atoms with Gasteiger partial charge in [0.1, 0.15) is 6.10 Å². The summed E-state index contributed by atoms with van der Waals surface area (Å²) < 4.78 is 69.7. The van der Waals surface area contributed by atoms with Crippen LogP contribution in [0.25, 0.3) is 0 Å². The Balaban J connectivity index is 2.90. The Kier molecular flexibility index (Phi) is 6.56. The van der Waals surface area contributed by atoms with Crippen LogP contribution in [0, 0.1) is 5.92 Å². The molecule has 134 valence electrons. The maximum absolute atomic E-state index is 13.8. The molecule has 1 N–H and O–H groups in total. The highest BCUT2D eigenvalue weighted by molar-refractivity contribution is 5.87. The van der Waals surface area contributed by atoms with Gasteiger partial charge in [-0.15, -0.1) is 0 Å². The molecule has 8 heteroatoms. The molecule has 23 heavy (non-hydrogen) atoms. The summed E-state index contributed by atoms with van der Waals surface area (Å²) in [4.78, 5) is 11.6. The Bertz CT molecular complexity index is 427. The summed E-state index contributed by atoms with van der Waals surface area (Å²) >= 11 is 0. The van der Waals surface area contributed by atoms with Crippen LogP contribution in [0.2, 0.25) is 0 Å². The molecule has 0 aromatic heterocycles. The molecule has 0 aromatic rings. The van der Waals surface area contributed by atoms with Crippen LogP contribution in [-0.2, 0) is 9.53 Å². The van der Waals surface area contributed by atoms with Crippen molar-refractivity contribution >= 4 is 5.97 Å². The van der Waals surface area contributed by atoms with Gasteiger partial charge in [-0.1, -0.05) is 25.8 Å². The first-order chi connectivity index (χ1) is 10.4. The second-order valence-electron chi connectivity index (χ2n) is 6.03. The SMILES string of the molecule is C=C(C)C(=O)OC(CC(F)(F)C(O)C(F)(F)F)C1CCCCC1. The van der Waals surface area contributed by atoms with Crippen molar-refractivity contribution in [2.45, 2.75) is 69.8 Å². The van der Waals surface area contributed by atoms with Crippen LogP contribution >= 0.6 is 0 Å². The third kappa shape index (κ3) is 5.75. The summed E-state index contributed by atoms with van der Waals surface area (Å²) in [6, 6.07) is 0. The number of carbonyl (C=O) groups is 1. The fraction of sp³-hybridized carbons (Fsp3) is 0.800. The van der Waals surface area contributed by atoms with Crippen LogP contribution in [-0.4, -0.2) is 35.4 Å². The predicted molar refractivity (Wildman–Crippen MR) is 72.9 cm³/mol. The van der Waals surface area contributed by atoms with E-state index in [1.807, 2.05) is 0 Å². The topological polar surface area (TPSA) is 46.5 Å². The summed E-state index contributed by atoms with van der Waals surface area (Å²) in [7, 11) is 0. The molecular formula is C15H21F5O3. The largest absolute Gasteiger partial charge is 0.459 e. The van der Waals surface area contributed by atoms with Gasteiger partial charge in [-0.3, -0.25) is 0 Å². The molecular weight excluding hydrogens is 323 g/mol. The van der Waals surface area contributed by atoms with Crippen LogP contribution < -0.4 is 0 Å². The summed E-state index contributed by atoms with van der Waals surface area (Å²) in [5.41, 5.74) is -0.0227. The molecule has 1 rings (SSSR count). The number of hydrogen-bond donors (Lipinski definition) is 1. The molecule has 1 aliphatic rings. The number of ether oxygens (including phenoxy) is 1. The number of halogens is 5. The zero-order valence-electron chi connectivity index (χ0n) is 12.8. The number of carbonyl (C=O) groups excluding carboxylic acids is 1. The molecule has 0 radical (unpaired) electrons. The maximum Gasteiger partial charge on any atom is 0.420 e. The van der Waals surface area contributed by atoms with Crippen LogP contribution in [0.4, 0.5) is 22.0 Å². The van der Waals surface area contributed by atoms with E-state index in [1.165, 1.54) is 6.92 Å². The van der Waals surface area contributed by atoms with Crippen LogP contribution in [0.1, 0.15) is 45.4 Å². The molecule has 0 amide bonds. The molecule has 1 saturated carbocycles. The van der Waals surface area contributed by atoms with Crippen LogP contribution in [0.3, 0.4) is 0 Å². The Morgan fingerprint density at radius 3 is 2.17 bits per heavy atom. The van der Waals surface area contributed by atoms with Gasteiger partial charge in [0.15, 0.2) is 0 Å². The molecule has 0 heterocycles. The van der Waals surface area contributed by atoms with Crippen molar-refractivity contribution in [2.75, 3.05) is 0 Å². The van der Waals surface area contributed by atoms with Crippen molar-refractivity contribution in [2.24, 2.45) is 5.92 Å². The van der Waals surface area contributed by atoms with E-state index in [-0.39, 0.29) is 5.57 Å². The van der Waals surface area contributed by atoms with Crippen molar-refractivity contribution in [1.29, 1.82) is 0 Å². The van der Waals surface area contributed by atoms with Crippen molar-refractivity contribution < 1.29 is 36.6 Å². The fourth-order valence-electron chi connectivity index (χ4n) is 2.67. The fourth-order valence-corrected chi connectivity index (χ4v) is 2.67. The van der Waals surface area contributed by atoms with Crippen LogP contribution in [0.5, 0.6) is 0 Å². The highest BCUT2D eigenvalue weighted by Gasteiger charge is 2.56. The normalized spacial score (nSPS) is 20.0. The minimum Gasteiger partial charge on any atom is -0.459 e. The molecule has 0 aromatic carbocycles. The van der Waals surface area contributed by atoms with Gasteiger partial charge < -0.3 is 9.84 Å². The van der Waals surface area contributed by atoms with Gasteiger partial charge in [0.25, 0.3) is 5.92 Å². The molecule has 0 saturated heterocycles. The minimum absolute atomic E-state index is 0.0227. The average molecular weight is 344 g/mol. The standard InChI is InChI=1S/C15H21F5O3/c1-9(2)12(21)23-11(10-6-4-3-5-7-10)8-14(16,17)13(22)15(18,19)20/h10-11,13,22H,1,3-8H2,2H3. The minimum atomic E-state index is -5.45. The van der Waals surface area contributed by atoms with Gasteiger partial charge in [-0.2, -0.15) is 13.2 Å². The average Bonchev–Trinajstić information content (AvgIpc) is 2.45. The Morgan fingerprint density at radius 1 is 1.22 bits per heavy atom. The van der Waals surface area contributed by atoms with E-state index in [4.69, 9.17) is 9.84 Å². The predicted octanol–water partition coefficient (Wildman–Crippen LogP) is 4.00. The number of rotatable bonds is 6. The highest BCUT2D eigenvalue weighted by atomic mass is 19.4. The summed E-state index contributed by atoms with van der Waals surface area (Å²) in [6.07, 6.45) is -8.62. The highest BCUT2D eigenvalue weighted by Crippen LogP contribution is 2.39. The van der Waals surface area contributed by atoms with Gasteiger partial charge in [0.2, 0.25) is 6.10 Å². The van der Waals surface area contributed by atoms with E-state index < -0.39 is 42.6 Å². The lowest BCUT2D eigenvalue weighted by Crippen LogP contribution is -2.48. The lowest BCUT2D eigenvalue weighted by atomic mass is 9.82. The van der Waals surface area contributed by atoms with E-state index in [9.17, 15) is 26.7 Å². The number of alkyl halides is 5. The summed E-state index contributed by atoms with van der Waals surface area (Å²) in [5.74, 6) is -5.80. The van der Waals surface area contributed by atoms with Gasteiger partial charge in [-0.25, -0.2) is 13.6 Å². The van der Waals surface area contributed by atoms with Gasteiger partial charge in [0, 0.05) is 5.57 Å². The molecule has 0 spiro atoms. The quantitative estimate of drug-likeness (QED) is 0.450. The number of aliphatic hydroxyl groups is 1. The molecule has 2 unspecified atom stereocenters. The van der Waals surface area contributed by atoms with Crippen molar-refractivity contribution in [3.05, 3.63) is 12.2 Å². The second kappa shape index (κ2) is 7.59. The van der Waals surface area contributed by atoms with E-state index in [2.05, 4.69) is 6.58 Å². The van der Waals surface area contributed by atoms with E-state index in [1.54, 1.807) is 0 Å². The van der Waals surface area contributed by atoms with Gasteiger partial charge in [-0.05, 0) is 25.7 Å². The lowest BCUT2D eigenvalue weighted by Gasteiger charge is -2.34. The summed E-state index contributed by atoms with van der Waals surface area (Å²) in [5, 5.41) is 8.87. The molecule has 2 atom stereocenters. The lowest BCUT2D eigenvalue weighted by molar-refractivity contribution is -0.276. The van der Waals surface area contributed by atoms with Crippen LogP contribution in [0.15, 0.2) is 12.2 Å². The zero-order valence-corrected chi connectivity index (χ0v) is 12.8. The smallest absolute Gasteiger partial charge is 0.420 e. The number of hydrogen-bond acceptors (Lipinski definition) is 3. The first kappa shape index (κ1) is 19.9. The third-order valence-electron chi connectivity index (χ3n) is 3.97. The second-order valence-corrected chi connectivity index (χ2v) is 6.03. The molecule has 0 aliphatic heterocycles.